The molecule has 0 fully saturated rings. The zero-order valence-electron chi connectivity index (χ0n) is 13.5. The van der Waals surface area contributed by atoms with E-state index < -0.39 is 54.7 Å². The van der Waals surface area contributed by atoms with E-state index >= 15 is 0 Å². The summed E-state index contributed by atoms with van der Waals surface area (Å²) in [6, 6.07) is 3.05. The van der Waals surface area contributed by atoms with E-state index in [1.807, 2.05) is 0 Å². The van der Waals surface area contributed by atoms with Crippen molar-refractivity contribution in [2.75, 3.05) is 4.90 Å². The number of rotatable bonds is 4. The normalized spacial score (nSPS) is 16.5. The zero-order valence-corrected chi connectivity index (χ0v) is 13.5. The van der Waals surface area contributed by atoms with E-state index in [1.54, 1.807) is 0 Å². The molecule has 0 aliphatic carbocycles. The third kappa shape index (κ3) is 3.06. The van der Waals surface area contributed by atoms with Gasteiger partial charge < -0.3 is 5.11 Å². The van der Waals surface area contributed by atoms with E-state index in [1.165, 1.54) is 6.92 Å². The molecule has 1 amide bonds. The average Bonchev–Trinajstić information content (AvgIpc) is 2.89. The summed E-state index contributed by atoms with van der Waals surface area (Å²) >= 11 is 0. The van der Waals surface area contributed by atoms with Crippen molar-refractivity contribution in [1.29, 1.82) is 0 Å². The van der Waals surface area contributed by atoms with Crippen molar-refractivity contribution < 1.29 is 41.0 Å². The Labute approximate surface area is 144 Å². The van der Waals surface area contributed by atoms with Crippen LogP contribution in [-0.4, -0.2) is 34.7 Å². The maximum atomic E-state index is 13.6. The van der Waals surface area contributed by atoms with Gasteiger partial charge in [-0.3, -0.25) is 14.5 Å². The van der Waals surface area contributed by atoms with Gasteiger partial charge >= 0.3 is 12.4 Å². The van der Waals surface area contributed by atoms with Crippen LogP contribution >= 0.6 is 0 Å². The number of halogens is 6. The standard InChI is InChI=1S/C16H15F6NO3/c1-2-11(25)6-13(26)23-12-4-3-9(8-24)5-10(12)7-14(23,15(17,18)19)16(20,21)22/h3-5,24H,2,6-8H2,1H3. The topological polar surface area (TPSA) is 57.6 Å². The minimum atomic E-state index is -5.82. The molecule has 0 atom stereocenters. The Bertz CT molecular complexity index is 712. The quantitative estimate of drug-likeness (QED) is 0.641. The Morgan fingerprint density at radius 3 is 2.19 bits per heavy atom. The third-order valence-corrected chi connectivity index (χ3v) is 4.33. The predicted molar refractivity (Wildman–Crippen MR) is 78.3 cm³/mol. The lowest BCUT2D eigenvalue weighted by Crippen LogP contribution is -2.68. The van der Waals surface area contributed by atoms with E-state index in [9.17, 15) is 35.9 Å². The molecule has 4 nitrogen and oxygen atoms in total. The number of hydrogen-bond acceptors (Lipinski definition) is 3. The molecule has 1 aromatic rings. The number of carbonyl (C=O) groups excluding carboxylic acids is 2. The van der Waals surface area contributed by atoms with E-state index in [0.29, 0.717) is 0 Å². The minimum Gasteiger partial charge on any atom is -0.392 e. The maximum Gasteiger partial charge on any atom is 0.421 e. The van der Waals surface area contributed by atoms with Crippen molar-refractivity contribution >= 4 is 17.4 Å². The minimum absolute atomic E-state index is 0.112. The molecular formula is C16H15F6NO3. The number of nitrogens with zero attached hydrogens (tertiary/aromatic N) is 1. The largest absolute Gasteiger partial charge is 0.421 e. The van der Waals surface area contributed by atoms with Gasteiger partial charge in [0.05, 0.1) is 13.0 Å². The summed E-state index contributed by atoms with van der Waals surface area (Å²) in [6.07, 6.45) is -14.4. The fourth-order valence-corrected chi connectivity index (χ4v) is 2.99. The Balaban J connectivity index is 2.70. The summed E-state index contributed by atoms with van der Waals surface area (Å²) in [5.41, 5.74) is -5.28. The van der Waals surface area contributed by atoms with Gasteiger partial charge in [-0.15, -0.1) is 0 Å². The third-order valence-electron chi connectivity index (χ3n) is 4.33. The molecule has 1 aromatic carbocycles. The summed E-state index contributed by atoms with van der Waals surface area (Å²) in [7, 11) is 0. The van der Waals surface area contributed by atoms with E-state index in [0.717, 1.165) is 18.2 Å². The second-order valence-electron chi connectivity index (χ2n) is 5.95. The van der Waals surface area contributed by atoms with E-state index in [4.69, 9.17) is 5.11 Å². The molecule has 144 valence electrons. The monoisotopic (exact) mass is 383 g/mol. The summed E-state index contributed by atoms with van der Waals surface area (Å²) in [5.74, 6) is -2.34. The van der Waals surface area contributed by atoms with Crippen LogP contribution in [0.1, 0.15) is 30.9 Å². The van der Waals surface area contributed by atoms with Crippen LogP contribution in [0.3, 0.4) is 0 Å². The predicted octanol–water partition coefficient (Wildman–Crippen LogP) is 3.30. The van der Waals surface area contributed by atoms with E-state index in [-0.39, 0.29) is 22.4 Å². The average molecular weight is 383 g/mol. The molecule has 0 saturated heterocycles. The number of aliphatic hydroxyl groups excluding tert-OH is 1. The summed E-state index contributed by atoms with van der Waals surface area (Å²) in [5, 5.41) is 9.08. The molecule has 0 unspecified atom stereocenters. The Morgan fingerprint density at radius 1 is 1.15 bits per heavy atom. The van der Waals surface area contributed by atoms with Gasteiger partial charge in [-0.05, 0) is 17.2 Å². The molecule has 0 radical (unpaired) electrons. The number of Topliss-reactive ketones (excluding diaryl/α,β-unsaturated/α-hetero) is 1. The number of anilines is 1. The first-order chi connectivity index (χ1) is 11.9. The molecule has 10 heteroatoms. The highest BCUT2D eigenvalue weighted by Gasteiger charge is 2.77. The Morgan fingerprint density at radius 2 is 1.73 bits per heavy atom. The Hall–Kier alpha value is -2.10. The number of fused-ring (bicyclic) bond motifs is 1. The van der Waals surface area contributed by atoms with Crippen molar-refractivity contribution in [3.63, 3.8) is 0 Å². The van der Waals surface area contributed by atoms with Gasteiger partial charge in [-0.25, -0.2) is 0 Å². The van der Waals surface area contributed by atoms with Gasteiger partial charge in [0.25, 0.3) is 0 Å². The first-order valence-electron chi connectivity index (χ1n) is 7.60. The fourth-order valence-electron chi connectivity index (χ4n) is 2.99. The number of alkyl halides is 6. The summed E-state index contributed by atoms with van der Waals surface area (Å²) < 4.78 is 81.8. The van der Waals surface area contributed by atoms with Crippen molar-refractivity contribution in [3.8, 4) is 0 Å². The van der Waals surface area contributed by atoms with Gasteiger partial charge in [0.1, 0.15) is 5.78 Å². The molecule has 1 heterocycles. The van der Waals surface area contributed by atoms with Gasteiger partial charge in [0, 0.05) is 18.5 Å². The molecular weight excluding hydrogens is 368 g/mol. The molecule has 1 aliphatic rings. The number of ketones is 1. The Kier molecular flexibility index (Phi) is 5.10. The van der Waals surface area contributed by atoms with Crippen molar-refractivity contribution in [3.05, 3.63) is 29.3 Å². The smallest absolute Gasteiger partial charge is 0.392 e. The number of hydrogen-bond donors (Lipinski definition) is 1. The lowest BCUT2D eigenvalue weighted by molar-refractivity contribution is -0.293. The zero-order chi connectivity index (χ0) is 19.9. The van der Waals surface area contributed by atoms with Crippen LogP contribution in [0.4, 0.5) is 32.0 Å². The molecule has 1 N–H and O–H groups in total. The molecule has 0 saturated carbocycles. The van der Waals surface area contributed by atoms with Crippen LogP contribution in [0, 0.1) is 0 Å². The maximum absolute atomic E-state index is 13.6. The second-order valence-corrected chi connectivity index (χ2v) is 5.95. The number of aliphatic hydroxyl groups is 1. The molecule has 0 aromatic heterocycles. The molecule has 1 aliphatic heterocycles. The lowest BCUT2D eigenvalue weighted by Gasteiger charge is -2.41. The van der Waals surface area contributed by atoms with Crippen LogP contribution in [0.15, 0.2) is 18.2 Å². The second kappa shape index (κ2) is 6.57. The van der Waals surface area contributed by atoms with Crippen LogP contribution in [0.5, 0.6) is 0 Å². The first-order valence-corrected chi connectivity index (χ1v) is 7.60. The van der Waals surface area contributed by atoms with E-state index in [2.05, 4.69) is 0 Å². The van der Waals surface area contributed by atoms with Crippen molar-refractivity contribution in [2.45, 2.75) is 50.7 Å². The van der Waals surface area contributed by atoms with Crippen LogP contribution in [0.2, 0.25) is 0 Å². The molecule has 0 spiro atoms. The number of carbonyl (C=O) groups is 2. The lowest BCUT2D eigenvalue weighted by atomic mass is 9.91. The number of benzene rings is 1. The van der Waals surface area contributed by atoms with Gasteiger partial charge in [-0.2, -0.15) is 26.3 Å². The highest BCUT2D eigenvalue weighted by molar-refractivity contribution is 6.07. The molecule has 2 rings (SSSR count). The first kappa shape index (κ1) is 20.2. The van der Waals surface area contributed by atoms with Gasteiger partial charge in [0.15, 0.2) is 0 Å². The fraction of sp³-hybridized carbons (Fsp3) is 0.500. The van der Waals surface area contributed by atoms with Gasteiger partial charge in [0.2, 0.25) is 11.4 Å². The van der Waals surface area contributed by atoms with Crippen LogP contribution < -0.4 is 4.90 Å². The van der Waals surface area contributed by atoms with Crippen LogP contribution in [-0.2, 0) is 22.6 Å². The molecule has 0 bridgehead atoms. The van der Waals surface area contributed by atoms with Crippen molar-refractivity contribution in [1.82, 2.24) is 0 Å². The number of amides is 1. The molecule has 26 heavy (non-hydrogen) atoms. The van der Waals surface area contributed by atoms with Gasteiger partial charge in [-0.1, -0.05) is 19.1 Å². The SMILES string of the molecule is CCC(=O)CC(=O)N1c2ccc(CO)cc2CC1(C(F)(F)F)C(F)(F)F. The highest BCUT2D eigenvalue weighted by atomic mass is 19.4. The summed E-state index contributed by atoms with van der Waals surface area (Å²) in [6.45, 7) is 0.766. The summed E-state index contributed by atoms with van der Waals surface area (Å²) in [4.78, 5) is 23.4. The van der Waals surface area contributed by atoms with Crippen molar-refractivity contribution in [2.24, 2.45) is 0 Å². The highest BCUT2D eigenvalue weighted by Crippen LogP contribution is 2.55. The van der Waals surface area contributed by atoms with Crippen LogP contribution in [0.25, 0.3) is 0 Å².